The van der Waals surface area contributed by atoms with Gasteiger partial charge in [-0.05, 0) is 36.4 Å². The van der Waals surface area contributed by atoms with Crippen LogP contribution in [-0.4, -0.2) is 29.9 Å². The average molecular weight is 418 g/mol. The predicted molar refractivity (Wildman–Crippen MR) is 105 cm³/mol. The molecule has 142 valence electrons. The van der Waals surface area contributed by atoms with Gasteiger partial charge in [0.2, 0.25) is 5.91 Å². The predicted octanol–water partition coefficient (Wildman–Crippen LogP) is 3.97. The van der Waals surface area contributed by atoms with Gasteiger partial charge >= 0.3 is 0 Å². The van der Waals surface area contributed by atoms with E-state index in [2.05, 4.69) is 10.3 Å². The van der Waals surface area contributed by atoms with Gasteiger partial charge in [0.15, 0.2) is 6.61 Å². The second kappa shape index (κ2) is 7.57. The molecule has 0 fully saturated rings. The van der Waals surface area contributed by atoms with Crippen molar-refractivity contribution in [1.82, 2.24) is 4.98 Å². The lowest BCUT2D eigenvalue weighted by atomic mass is 10.1. The molecule has 9 heteroatoms. The molecule has 1 N–H and O–H groups in total. The topological polar surface area (TPSA) is 71.5 Å². The molecular weight excluding hydrogens is 405 g/mol. The average Bonchev–Trinajstić information content (AvgIpc) is 3.21. The summed E-state index contributed by atoms with van der Waals surface area (Å²) in [6, 6.07) is 9.24. The number of ether oxygens (including phenoxy) is 1. The monoisotopic (exact) mass is 417 g/mol. The number of aromatic nitrogens is 1. The lowest BCUT2D eigenvalue weighted by Gasteiger charge is -2.29. The second-order valence-corrected chi connectivity index (χ2v) is 7.13. The summed E-state index contributed by atoms with van der Waals surface area (Å²) in [5.41, 5.74) is 4.14. The van der Waals surface area contributed by atoms with Gasteiger partial charge in [0, 0.05) is 16.6 Å². The van der Waals surface area contributed by atoms with Crippen LogP contribution >= 0.6 is 22.9 Å². The fourth-order valence-electron chi connectivity index (χ4n) is 2.81. The number of fused-ring (bicyclic) bond motifs is 1. The maximum Gasteiger partial charge on any atom is 0.265 e. The van der Waals surface area contributed by atoms with Gasteiger partial charge in [0.1, 0.15) is 18.1 Å². The molecule has 0 saturated heterocycles. The zero-order chi connectivity index (χ0) is 19.7. The van der Waals surface area contributed by atoms with E-state index in [1.807, 2.05) is 11.4 Å². The number of nitrogens with zero attached hydrogens (tertiary/aromatic N) is 2. The molecule has 28 heavy (non-hydrogen) atoms. The number of nitrogens with one attached hydrogen (secondary N) is 1. The van der Waals surface area contributed by atoms with Crippen LogP contribution < -0.4 is 15.0 Å². The molecule has 0 unspecified atom stereocenters. The highest BCUT2D eigenvalue weighted by Crippen LogP contribution is 2.36. The SMILES string of the molecule is O=C(CN1C(=O)COc2ccc(-c3cscn3)cc21)Nc1ccc(F)c(Cl)c1. The fraction of sp³-hybridized carbons (Fsp3) is 0.105. The van der Waals surface area contributed by atoms with Crippen molar-refractivity contribution in [2.24, 2.45) is 0 Å². The van der Waals surface area contributed by atoms with Crippen LogP contribution in [0.2, 0.25) is 5.02 Å². The first-order valence-electron chi connectivity index (χ1n) is 8.22. The Morgan fingerprint density at radius 1 is 1.32 bits per heavy atom. The Bertz CT molecular complexity index is 1060. The van der Waals surface area contributed by atoms with Crippen LogP contribution in [0.1, 0.15) is 0 Å². The molecule has 6 nitrogen and oxygen atoms in total. The molecule has 0 atom stereocenters. The third-order valence-corrected chi connectivity index (χ3v) is 5.01. The van der Waals surface area contributed by atoms with E-state index >= 15 is 0 Å². The van der Waals surface area contributed by atoms with Gasteiger partial charge < -0.3 is 10.1 Å². The minimum Gasteiger partial charge on any atom is -0.482 e. The highest BCUT2D eigenvalue weighted by molar-refractivity contribution is 7.07. The van der Waals surface area contributed by atoms with Crippen LogP contribution in [0.3, 0.4) is 0 Å². The number of halogens is 2. The number of amides is 2. The summed E-state index contributed by atoms with van der Waals surface area (Å²) in [7, 11) is 0. The van der Waals surface area contributed by atoms with E-state index in [1.165, 1.54) is 28.4 Å². The number of carbonyl (C=O) groups is 2. The van der Waals surface area contributed by atoms with Crippen molar-refractivity contribution in [2.45, 2.75) is 0 Å². The molecule has 1 aromatic heterocycles. The Morgan fingerprint density at radius 2 is 2.18 bits per heavy atom. The second-order valence-electron chi connectivity index (χ2n) is 6.00. The molecule has 2 amide bonds. The van der Waals surface area contributed by atoms with Gasteiger partial charge in [-0.1, -0.05) is 11.6 Å². The van der Waals surface area contributed by atoms with E-state index in [4.69, 9.17) is 16.3 Å². The zero-order valence-electron chi connectivity index (χ0n) is 14.3. The summed E-state index contributed by atoms with van der Waals surface area (Å²) in [4.78, 5) is 30.5. The normalized spacial score (nSPS) is 13.1. The van der Waals surface area contributed by atoms with E-state index in [9.17, 15) is 14.0 Å². The third-order valence-electron chi connectivity index (χ3n) is 4.14. The number of thiazole rings is 1. The fourth-order valence-corrected chi connectivity index (χ4v) is 3.55. The molecule has 0 radical (unpaired) electrons. The Balaban J connectivity index is 1.57. The number of hydrogen-bond donors (Lipinski definition) is 1. The summed E-state index contributed by atoms with van der Waals surface area (Å²) in [6.07, 6.45) is 0. The minimum atomic E-state index is -0.577. The van der Waals surface area contributed by atoms with Crippen molar-refractivity contribution in [1.29, 1.82) is 0 Å². The van der Waals surface area contributed by atoms with E-state index in [-0.39, 0.29) is 24.1 Å². The number of anilines is 2. The maximum absolute atomic E-state index is 13.3. The Kier molecular flexibility index (Phi) is 4.97. The Hall–Kier alpha value is -2.97. The van der Waals surface area contributed by atoms with Gasteiger partial charge in [0.05, 0.1) is 21.9 Å². The molecule has 1 aliphatic rings. The smallest absolute Gasteiger partial charge is 0.265 e. The van der Waals surface area contributed by atoms with Crippen LogP contribution in [0.5, 0.6) is 5.75 Å². The van der Waals surface area contributed by atoms with Crippen LogP contribution in [0.15, 0.2) is 47.3 Å². The van der Waals surface area contributed by atoms with Crippen LogP contribution in [0, 0.1) is 5.82 Å². The van der Waals surface area contributed by atoms with E-state index in [0.29, 0.717) is 17.1 Å². The van der Waals surface area contributed by atoms with Gasteiger partial charge in [-0.25, -0.2) is 9.37 Å². The first kappa shape index (κ1) is 18.4. The molecule has 4 rings (SSSR count). The highest BCUT2D eigenvalue weighted by Gasteiger charge is 2.28. The number of rotatable bonds is 4. The minimum absolute atomic E-state index is 0.0986. The zero-order valence-corrected chi connectivity index (χ0v) is 15.9. The molecule has 0 spiro atoms. The molecule has 0 aliphatic carbocycles. The first-order valence-corrected chi connectivity index (χ1v) is 9.54. The van der Waals surface area contributed by atoms with Crippen molar-refractivity contribution in [3.05, 3.63) is 58.1 Å². The first-order chi connectivity index (χ1) is 13.5. The molecular formula is C19H13ClFN3O3S. The standard InChI is InChI=1S/C19H13ClFN3O3S/c20-13-6-12(2-3-14(13)21)23-18(25)7-24-16-5-11(15-9-28-10-22-15)1-4-17(16)27-8-19(24)26/h1-6,9-10H,7-8H2,(H,23,25). The molecule has 2 aromatic carbocycles. The Labute approximate surface area is 168 Å². The summed E-state index contributed by atoms with van der Waals surface area (Å²) in [6.45, 7) is -0.372. The number of hydrogen-bond acceptors (Lipinski definition) is 5. The maximum atomic E-state index is 13.3. The molecule has 0 saturated carbocycles. The van der Waals surface area contributed by atoms with Gasteiger partial charge in [-0.15, -0.1) is 11.3 Å². The van der Waals surface area contributed by atoms with Crippen molar-refractivity contribution in [2.75, 3.05) is 23.4 Å². The summed E-state index contributed by atoms with van der Waals surface area (Å²) in [5, 5.41) is 4.41. The van der Waals surface area contributed by atoms with Crippen molar-refractivity contribution >= 4 is 46.1 Å². The van der Waals surface area contributed by atoms with Crippen LogP contribution in [0.25, 0.3) is 11.3 Å². The molecule has 1 aliphatic heterocycles. The van der Waals surface area contributed by atoms with Gasteiger partial charge in [-0.2, -0.15) is 0 Å². The van der Waals surface area contributed by atoms with Crippen LogP contribution in [-0.2, 0) is 9.59 Å². The summed E-state index contributed by atoms with van der Waals surface area (Å²) < 4.78 is 18.7. The Morgan fingerprint density at radius 3 is 2.93 bits per heavy atom. The largest absolute Gasteiger partial charge is 0.482 e. The van der Waals surface area contributed by atoms with Gasteiger partial charge in [0.25, 0.3) is 5.91 Å². The molecule has 0 bridgehead atoms. The van der Waals surface area contributed by atoms with Crippen molar-refractivity contribution < 1.29 is 18.7 Å². The quantitative estimate of drug-likeness (QED) is 0.697. The number of benzene rings is 2. The van der Waals surface area contributed by atoms with E-state index in [1.54, 1.807) is 17.6 Å². The number of carbonyl (C=O) groups excluding carboxylic acids is 2. The molecule has 3 aromatic rings. The van der Waals surface area contributed by atoms with E-state index < -0.39 is 11.7 Å². The summed E-state index contributed by atoms with van der Waals surface area (Å²) >= 11 is 7.20. The lowest BCUT2D eigenvalue weighted by Crippen LogP contribution is -2.43. The van der Waals surface area contributed by atoms with E-state index in [0.717, 1.165) is 17.3 Å². The highest BCUT2D eigenvalue weighted by atomic mass is 35.5. The van der Waals surface area contributed by atoms with Crippen LogP contribution in [0.4, 0.5) is 15.8 Å². The molecule has 2 heterocycles. The third kappa shape index (κ3) is 3.69. The summed E-state index contributed by atoms with van der Waals surface area (Å²) in [5.74, 6) is -0.846. The lowest BCUT2D eigenvalue weighted by molar-refractivity contribution is -0.123. The van der Waals surface area contributed by atoms with Gasteiger partial charge in [-0.3, -0.25) is 14.5 Å². The van der Waals surface area contributed by atoms with Crippen molar-refractivity contribution in [3.63, 3.8) is 0 Å². The van der Waals surface area contributed by atoms with Crippen molar-refractivity contribution in [3.8, 4) is 17.0 Å².